The van der Waals surface area contributed by atoms with E-state index >= 15 is 0 Å². The van der Waals surface area contributed by atoms with Crippen LogP contribution in [0.25, 0.3) is 0 Å². The maximum absolute atomic E-state index is 12.0. The van der Waals surface area contributed by atoms with Crippen LogP contribution in [0, 0.1) is 6.92 Å². The fraction of sp³-hybridized carbons (Fsp3) is 0.400. The number of nitrogens with one attached hydrogen (secondary N) is 1. The van der Waals surface area contributed by atoms with Crippen molar-refractivity contribution in [2.45, 2.75) is 31.9 Å². The van der Waals surface area contributed by atoms with Gasteiger partial charge in [0.25, 0.3) is 0 Å². The van der Waals surface area contributed by atoms with Crippen LogP contribution in [0.4, 0.5) is 5.69 Å². The number of thiocarbonyl (C=S) groups is 1. The highest BCUT2D eigenvalue weighted by atomic mass is 32.2. The number of aryl methyl sites for hydroxylation is 1. The number of carbonyl (C=O) groups is 2. The van der Waals surface area contributed by atoms with Gasteiger partial charge in [0.1, 0.15) is 4.32 Å². The Morgan fingerprint density at radius 3 is 2.62 bits per heavy atom. The van der Waals surface area contributed by atoms with E-state index in [0.29, 0.717) is 10.9 Å². The molecule has 0 radical (unpaired) electrons. The summed E-state index contributed by atoms with van der Waals surface area (Å²) in [6.45, 7) is 4.30. The first kappa shape index (κ1) is 16.0. The number of rotatable bonds is 5. The Kier molecular flexibility index (Phi) is 5.36. The van der Waals surface area contributed by atoms with E-state index in [1.165, 1.54) is 11.8 Å². The molecule has 1 aromatic carbocycles. The van der Waals surface area contributed by atoms with Crippen LogP contribution in [0.2, 0.25) is 0 Å². The van der Waals surface area contributed by atoms with E-state index in [4.69, 9.17) is 12.2 Å². The van der Waals surface area contributed by atoms with Crippen molar-refractivity contribution >= 4 is 45.8 Å². The first-order valence-corrected chi connectivity index (χ1v) is 8.18. The van der Waals surface area contributed by atoms with Crippen LogP contribution in [-0.2, 0) is 9.59 Å². The molecule has 0 saturated carbocycles. The van der Waals surface area contributed by atoms with Gasteiger partial charge in [-0.2, -0.15) is 0 Å². The van der Waals surface area contributed by atoms with Crippen LogP contribution < -0.4 is 5.32 Å². The zero-order chi connectivity index (χ0) is 15.4. The molecule has 1 aliphatic heterocycles. The summed E-state index contributed by atoms with van der Waals surface area (Å²) in [7, 11) is 0. The summed E-state index contributed by atoms with van der Waals surface area (Å²) in [4.78, 5) is 25.5. The van der Waals surface area contributed by atoms with E-state index in [1.54, 1.807) is 4.90 Å². The van der Waals surface area contributed by atoms with Crippen LogP contribution in [-0.4, -0.2) is 32.8 Å². The Balaban J connectivity index is 1.85. The molecule has 21 heavy (non-hydrogen) atoms. The van der Waals surface area contributed by atoms with Gasteiger partial charge in [0.15, 0.2) is 0 Å². The Bertz CT molecular complexity index is 557. The smallest absolute Gasteiger partial charge is 0.241 e. The Morgan fingerprint density at radius 2 is 2.05 bits per heavy atom. The van der Waals surface area contributed by atoms with Crippen molar-refractivity contribution in [3.8, 4) is 0 Å². The van der Waals surface area contributed by atoms with Crippen LogP contribution in [0.3, 0.4) is 0 Å². The summed E-state index contributed by atoms with van der Waals surface area (Å²) in [5.74, 6) is -0.0879. The number of anilines is 1. The molecule has 1 unspecified atom stereocenters. The molecule has 1 aromatic rings. The van der Waals surface area contributed by atoms with Crippen molar-refractivity contribution < 1.29 is 9.59 Å². The topological polar surface area (TPSA) is 49.4 Å². The quantitative estimate of drug-likeness (QED) is 0.847. The molecule has 0 aliphatic carbocycles. The van der Waals surface area contributed by atoms with Gasteiger partial charge in [-0.15, -0.1) is 0 Å². The fourth-order valence-electron chi connectivity index (χ4n) is 2.03. The van der Waals surface area contributed by atoms with Gasteiger partial charge in [0, 0.05) is 18.7 Å². The van der Waals surface area contributed by atoms with E-state index in [2.05, 4.69) is 5.32 Å². The number of nitrogens with zero attached hydrogens (tertiary/aromatic N) is 1. The van der Waals surface area contributed by atoms with Crippen molar-refractivity contribution in [1.82, 2.24) is 4.90 Å². The van der Waals surface area contributed by atoms with E-state index in [9.17, 15) is 9.59 Å². The molecule has 2 amide bonds. The van der Waals surface area contributed by atoms with Crippen LogP contribution in [0.5, 0.6) is 0 Å². The lowest BCUT2D eigenvalue weighted by molar-refractivity contribution is -0.126. The highest BCUT2D eigenvalue weighted by Crippen LogP contribution is 2.29. The summed E-state index contributed by atoms with van der Waals surface area (Å²) in [5.41, 5.74) is 1.91. The van der Waals surface area contributed by atoms with Gasteiger partial charge in [-0.25, -0.2) is 0 Å². The minimum absolute atomic E-state index is 0.0237. The Labute approximate surface area is 134 Å². The predicted octanol–water partition coefficient (Wildman–Crippen LogP) is 2.96. The monoisotopic (exact) mass is 322 g/mol. The molecule has 0 aromatic heterocycles. The van der Waals surface area contributed by atoms with Crippen molar-refractivity contribution in [2.75, 3.05) is 11.9 Å². The van der Waals surface area contributed by atoms with Crippen molar-refractivity contribution in [3.63, 3.8) is 0 Å². The largest absolute Gasteiger partial charge is 0.326 e. The third-order valence-electron chi connectivity index (χ3n) is 3.27. The van der Waals surface area contributed by atoms with Crippen LogP contribution >= 0.6 is 24.0 Å². The third kappa shape index (κ3) is 4.04. The van der Waals surface area contributed by atoms with Crippen LogP contribution in [0.1, 0.15) is 25.3 Å². The van der Waals surface area contributed by atoms with Gasteiger partial charge in [-0.05, 0) is 25.5 Å². The summed E-state index contributed by atoms with van der Waals surface area (Å²) in [6.07, 6.45) is 1.01. The first-order valence-electron chi connectivity index (χ1n) is 6.89. The summed E-state index contributed by atoms with van der Waals surface area (Å²) >= 11 is 6.61. The second-order valence-electron chi connectivity index (χ2n) is 4.93. The Morgan fingerprint density at radius 1 is 1.38 bits per heavy atom. The maximum Gasteiger partial charge on any atom is 0.241 e. The van der Waals surface area contributed by atoms with Gasteiger partial charge in [-0.3, -0.25) is 14.5 Å². The van der Waals surface area contributed by atoms with E-state index in [1.807, 2.05) is 38.1 Å². The standard InChI is InChI=1S/C15H18N2O2S2/c1-3-12-14(19)17(15(20)21-12)9-8-13(18)16-11-6-4-10(2)5-7-11/h4-7,12H,3,8-9H2,1-2H3,(H,16,18). The second-order valence-corrected chi connectivity index (χ2v) is 6.77. The van der Waals surface area contributed by atoms with Crippen molar-refractivity contribution in [2.24, 2.45) is 0 Å². The molecular formula is C15H18N2O2S2. The third-order valence-corrected chi connectivity index (χ3v) is 5.02. The van der Waals surface area contributed by atoms with Crippen molar-refractivity contribution in [1.29, 1.82) is 0 Å². The molecule has 1 heterocycles. The maximum atomic E-state index is 12.0. The zero-order valence-corrected chi connectivity index (χ0v) is 13.7. The van der Waals surface area contributed by atoms with E-state index in [0.717, 1.165) is 17.7 Å². The molecule has 2 rings (SSSR count). The number of thioether (sulfide) groups is 1. The predicted molar refractivity (Wildman–Crippen MR) is 90.4 cm³/mol. The van der Waals surface area contributed by atoms with Gasteiger partial charge in [-0.1, -0.05) is 48.6 Å². The molecule has 4 nitrogen and oxygen atoms in total. The lowest BCUT2D eigenvalue weighted by Crippen LogP contribution is -2.33. The SMILES string of the molecule is CCC1SC(=S)N(CCC(=O)Nc2ccc(C)cc2)C1=O. The second kappa shape index (κ2) is 7.04. The van der Waals surface area contributed by atoms with Gasteiger partial charge >= 0.3 is 0 Å². The van der Waals surface area contributed by atoms with Gasteiger partial charge in [0.05, 0.1) is 5.25 Å². The molecule has 1 fully saturated rings. The molecule has 1 atom stereocenters. The molecule has 1 N–H and O–H groups in total. The molecular weight excluding hydrogens is 304 g/mol. The number of hydrogen-bond acceptors (Lipinski definition) is 4. The lowest BCUT2D eigenvalue weighted by Gasteiger charge is -2.15. The normalized spacial score (nSPS) is 18.2. The number of hydrogen-bond donors (Lipinski definition) is 1. The summed E-state index contributed by atoms with van der Waals surface area (Å²) in [6, 6.07) is 7.61. The Hall–Kier alpha value is -1.40. The molecule has 0 spiro atoms. The first-order chi connectivity index (χ1) is 10.0. The molecule has 0 bridgehead atoms. The van der Waals surface area contributed by atoms with E-state index < -0.39 is 0 Å². The average Bonchev–Trinajstić information content (AvgIpc) is 2.74. The van der Waals surface area contributed by atoms with Crippen molar-refractivity contribution in [3.05, 3.63) is 29.8 Å². The minimum atomic E-state index is -0.112. The van der Waals surface area contributed by atoms with Crippen LogP contribution in [0.15, 0.2) is 24.3 Å². The van der Waals surface area contributed by atoms with Gasteiger partial charge < -0.3 is 5.32 Å². The molecule has 1 aliphatic rings. The number of carbonyl (C=O) groups excluding carboxylic acids is 2. The van der Waals surface area contributed by atoms with Gasteiger partial charge in [0.2, 0.25) is 11.8 Å². The highest BCUT2D eigenvalue weighted by molar-refractivity contribution is 8.24. The molecule has 6 heteroatoms. The minimum Gasteiger partial charge on any atom is -0.326 e. The molecule has 1 saturated heterocycles. The number of amides is 2. The fourth-order valence-corrected chi connectivity index (χ4v) is 3.51. The summed E-state index contributed by atoms with van der Waals surface area (Å²) in [5, 5.41) is 2.74. The summed E-state index contributed by atoms with van der Waals surface area (Å²) < 4.78 is 0.579. The van der Waals surface area contributed by atoms with E-state index in [-0.39, 0.29) is 23.5 Å². The zero-order valence-electron chi connectivity index (χ0n) is 12.1. The number of benzene rings is 1. The molecule has 112 valence electrons. The highest BCUT2D eigenvalue weighted by Gasteiger charge is 2.35. The average molecular weight is 322 g/mol. The lowest BCUT2D eigenvalue weighted by atomic mass is 10.2.